The van der Waals surface area contributed by atoms with E-state index in [1.54, 1.807) is 31.4 Å². The summed E-state index contributed by atoms with van der Waals surface area (Å²) < 4.78 is 11.1. The first-order valence-corrected chi connectivity index (χ1v) is 7.60. The zero-order valence-corrected chi connectivity index (χ0v) is 13.7. The van der Waals surface area contributed by atoms with Crippen LogP contribution >= 0.6 is 15.9 Å². The average Bonchev–Trinajstić information content (AvgIpc) is 2.55. The van der Waals surface area contributed by atoms with Gasteiger partial charge in [-0.15, -0.1) is 0 Å². The van der Waals surface area contributed by atoms with Crippen molar-refractivity contribution in [2.45, 2.75) is 12.5 Å². The van der Waals surface area contributed by atoms with Gasteiger partial charge in [-0.25, -0.2) is 0 Å². The summed E-state index contributed by atoms with van der Waals surface area (Å²) in [6.45, 7) is -0.0678. The Labute approximate surface area is 137 Å². The van der Waals surface area contributed by atoms with E-state index in [-0.39, 0.29) is 19.0 Å². The van der Waals surface area contributed by atoms with Crippen LogP contribution in [0, 0.1) is 0 Å². The molecule has 2 aromatic rings. The van der Waals surface area contributed by atoms with Gasteiger partial charge in [0.2, 0.25) is 0 Å². The molecule has 0 aliphatic heterocycles. The molecule has 0 saturated heterocycles. The number of hydrogen-bond donors (Lipinski definition) is 1. The normalized spacial score (nSPS) is 11.8. The highest BCUT2D eigenvalue weighted by molar-refractivity contribution is 9.10. The fourth-order valence-corrected chi connectivity index (χ4v) is 2.18. The first kappa shape index (κ1) is 16.5. The number of rotatable bonds is 6. The summed E-state index contributed by atoms with van der Waals surface area (Å²) in [6, 6.07) is 14.4. The monoisotopic (exact) mass is 364 g/mol. The third-order valence-corrected chi connectivity index (χ3v) is 3.69. The number of halogens is 1. The molecule has 1 atom stereocenters. The minimum absolute atomic E-state index is 0.0678. The Hall–Kier alpha value is -1.85. The summed E-state index contributed by atoms with van der Waals surface area (Å²) in [6.07, 6.45) is -0.664. The average molecular weight is 365 g/mol. The van der Waals surface area contributed by atoms with E-state index in [0.717, 1.165) is 10.0 Å². The number of aliphatic hydroxyl groups is 1. The molecule has 22 heavy (non-hydrogen) atoms. The highest BCUT2D eigenvalue weighted by Crippen LogP contribution is 2.18. The Morgan fingerprint density at radius 3 is 2.36 bits per heavy atom. The van der Waals surface area contributed by atoms with Crippen LogP contribution in [0.1, 0.15) is 17.2 Å². The van der Waals surface area contributed by atoms with Gasteiger partial charge in [0.05, 0.1) is 13.5 Å². The minimum atomic E-state index is -0.847. The highest BCUT2D eigenvalue weighted by atomic mass is 79.9. The SMILES string of the molecule is COc1ccc(C(O)COC(=O)Cc2ccc(Br)cc2)cc1. The van der Waals surface area contributed by atoms with Gasteiger partial charge in [0, 0.05) is 4.47 Å². The molecule has 0 aliphatic carbocycles. The summed E-state index contributed by atoms with van der Waals surface area (Å²) in [4.78, 5) is 11.8. The highest BCUT2D eigenvalue weighted by Gasteiger charge is 2.12. The fourth-order valence-electron chi connectivity index (χ4n) is 1.91. The number of aliphatic hydroxyl groups excluding tert-OH is 1. The number of ether oxygens (including phenoxy) is 2. The van der Waals surface area contributed by atoms with Gasteiger partial charge in [0.1, 0.15) is 18.5 Å². The largest absolute Gasteiger partial charge is 0.497 e. The van der Waals surface area contributed by atoms with E-state index in [2.05, 4.69) is 15.9 Å². The van der Waals surface area contributed by atoms with E-state index < -0.39 is 6.10 Å². The smallest absolute Gasteiger partial charge is 0.310 e. The zero-order chi connectivity index (χ0) is 15.9. The van der Waals surface area contributed by atoms with Crippen LogP contribution in [0.5, 0.6) is 5.75 Å². The molecule has 1 N–H and O–H groups in total. The van der Waals surface area contributed by atoms with Gasteiger partial charge < -0.3 is 14.6 Å². The maximum atomic E-state index is 11.8. The molecular formula is C17H17BrO4. The topological polar surface area (TPSA) is 55.8 Å². The molecule has 2 rings (SSSR count). The van der Waals surface area contributed by atoms with Crippen LogP contribution in [0.25, 0.3) is 0 Å². The molecular weight excluding hydrogens is 348 g/mol. The Bertz CT molecular complexity index is 608. The lowest BCUT2D eigenvalue weighted by Crippen LogP contribution is -2.14. The van der Waals surface area contributed by atoms with Crippen LogP contribution in [0.15, 0.2) is 53.0 Å². The minimum Gasteiger partial charge on any atom is -0.497 e. The van der Waals surface area contributed by atoms with Gasteiger partial charge in [0.15, 0.2) is 0 Å². The van der Waals surface area contributed by atoms with Crippen LogP contribution in [0.4, 0.5) is 0 Å². The number of benzene rings is 2. The Morgan fingerprint density at radius 1 is 1.14 bits per heavy atom. The van der Waals surface area contributed by atoms with Crippen molar-refractivity contribution >= 4 is 21.9 Å². The molecule has 0 saturated carbocycles. The molecule has 116 valence electrons. The summed E-state index contributed by atoms with van der Waals surface area (Å²) in [5.41, 5.74) is 1.55. The maximum Gasteiger partial charge on any atom is 0.310 e. The van der Waals surface area contributed by atoms with E-state index >= 15 is 0 Å². The van der Waals surface area contributed by atoms with E-state index in [4.69, 9.17) is 9.47 Å². The van der Waals surface area contributed by atoms with Crippen LogP contribution < -0.4 is 4.74 Å². The molecule has 1 unspecified atom stereocenters. The summed E-state index contributed by atoms with van der Waals surface area (Å²) >= 11 is 3.34. The molecule has 0 radical (unpaired) electrons. The lowest BCUT2D eigenvalue weighted by molar-refractivity contribution is -0.145. The van der Waals surface area contributed by atoms with Crippen LogP contribution in [0.3, 0.4) is 0 Å². The Balaban J connectivity index is 1.83. The zero-order valence-electron chi connectivity index (χ0n) is 12.2. The van der Waals surface area contributed by atoms with Crippen molar-refractivity contribution in [2.24, 2.45) is 0 Å². The van der Waals surface area contributed by atoms with Gasteiger partial charge in [0.25, 0.3) is 0 Å². The van der Waals surface area contributed by atoms with Gasteiger partial charge in [-0.2, -0.15) is 0 Å². The van der Waals surface area contributed by atoms with Crippen molar-refractivity contribution in [3.63, 3.8) is 0 Å². The van der Waals surface area contributed by atoms with E-state index in [1.165, 1.54) is 0 Å². The summed E-state index contributed by atoms with van der Waals surface area (Å²) in [5, 5.41) is 10.0. The van der Waals surface area contributed by atoms with Crippen LogP contribution in [0.2, 0.25) is 0 Å². The quantitative estimate of drug-likeness (QED) is 0.799. The first-order chi connectivity index (χ1) is 10.6. The number of carbonyl (C=O) groups excluding carboxylic acids is 1. The van der Waals surface area contributed by atoms with Gasteiger partial charge in [-0.3, -0.25) is 4.79 Å². The molecule has 0 aromatic heterocycles. The molecule has 0 heterocycles. The molecule has 0 fully saturated rings. The molecule has 0 bridgehead atoms. The third-order valence-electron chi connectivity index (χ3n) is 3.16. The summed E-state index contributed by atoms with van der Waals surface area (Å²) in [5.74, 6) is 0.345. The van der Waals surface area contributed by atoms with Crippen LogP contribution in [-0.4, -0.2) is 24.8 Å². The predicted molar refractivity (Wildman–Crippen MR) is 86.8 cm³/mol. The summed E-state index contributed by atoms with van der Waals surface area (Å²) in [7, 11) is 1.58. The van der Waals surface area contributed by atoms with E-state index in [0.29, 0.717) is 11.3 Å². The van der Waals surface area contributed by atoms with Gasteiger partial charge >= 0.3 is 5.97 Å². The standard InChI is InChI=1S/C17H17BrO4/c1-21-15-8-4-13(5-9-15)16(19)11-22-17(20)10-12-2-6-14(18)7-3-12/h2-9,16,19H,10-11H2,1H3. The predicted octanol–water partition coefficient (Wildman–Crippen LogP) is 3.28. The molecule has 4 nitrogen and oxygen atoms in total. The third kappa shape index (κ3) is 4.86. The van der Waals surface area contributed by atoms with Crippen molar-refractivity contribution in [1.82, 2.24) is 0 Å². The van der Waals surface area contributed by atoms with Crippen molar-refractivity contribution in [1.29, 1.82) is 0 Å². The van der Waals surface area contributed by atoms with E-state index in [9.17, 15) is 9.90 Å². The number of carbonyl (C=O) groups is 1. The van der Waals surface area contributed by atoms with Crippen molar-refractivity contribution in [2.75, 3.05) is 13.7 Å². The number of hydrogen-bond acceptors (Lipinski definition) is 4. The van der Waals surface area contributed by atoms with E-state index in [1.807, 2.05) is 24.3 Å². The number of esters is 1. The maximum absolute atomic E-state index is 11.8. The molecule has 5 heteroatoms. The Kier molecular flexibility index (Phi) is 5.98. The Morgan fingerprint density at radius 2 is 1.77 bits per heavy atom. The second-order valence-corrected chi connectivity index (χ2v) is 5.69. The van der Waals surface area contributed by atoms with Crippen molar-refractivity contribution in [3.05, 3.63) is 64.1 Å². The molecule has 2 aromatic carbocycles. The molecule has 0 aliphatic rings. The van der Waals surface area contributed by atoms with Gasteiger partial charge in [-0.05, 0) is 35.4 Å². The van der Waals surface area contributed by atoms with Crippen molar-refractivity contribution in [3.8, 4) is 5.75 Å². The fraction of sp³-hybridized carbons (Fsp3) is 0.235. The van der Waals surface area contributed by atoms with Crippen LogP contribution in [-0.2, 0) is 16.0 Å². The number of methoxy groups -OCH3 is 1. The molecule has 0 amide bonds. The second-order valence-electron chi connectivity index (χ2n) is 4.78. The second kappa shape index (κ2) is 7.96. The van der Waals surface area contributed by atoms with Gasteiger partial charge in [-0.1, -0.05) is 40.2 Å². The lowest BCUT2D eigenvalue weighted by Gasteiger charge is -2.12. The lowest BCUT2D eigenvalue weighted by atomic mass is 10.1. The molecule has 0 spiro atoms. The van der Waals surface area contributed by atoms with Crippen molar-refractivity contribution < 1.29 is 19.4 Å². The first-order valence-electron chi connectivity index (χ1n) is 6.80.